The SMILES string of the molecule is CCOC1CNCCC1F. The maximum absolute atomic E-state index is 12.9. The first kappa shape index (κ1) is 7.95. The van der Waals surface area contributed by atoms with Crippen LogP contribution < -0.4 is 5.32 Å². The lowest BCUT2D eigenvalue weighted by Gasteiger charge is -2.26. The van der Waals surface area contributed by atoms with Gasteiger partial charge in [-0.15, -0.1) is 0 Å². The first-order valence-corrected chi connectivity index (χ1v) is 3.81. The van der Waals surface area contributed by atoms with Crippen molar-refractivity contribution in [1.29, 1.82) is 0 Å². The molecule has 0 amide bonds. The molecule has 60 valence electrons. The van der Waals surface area contributed by atoms with E-state index in [1.54, 1.807) is 0 Å². The summed E-state index contributed by atoms with van der Waals surface area (Å²) in [4.78, 5) is 0. The fraction of sp³-hybridized carbons (Fsp3) is 1.00. The van der Waals surface area contributed by atoms with E-state index < -0.39 is 6.17 Å². The van der Waals surface area contributed by atoms with Gasteiger partial charge in [0.15, 0.2) is 0 Å². The molecule has 1 N–H and O–H groups in total. The van der Waals surface area contributed by atoms with E-state index in [0.29, 0.717) is 19.6 Å². The van der Waals surface area contributed by atoms with Crippen LogP contribution >= 0.6 is 0 Å². The van der Waals surface area contributed by atoms with Crippen molar-refractivity contribution >= 4 is 0 Å². The van der Waals surface area contributed by atoms with Crippen LogP contribution in [0, 0.1) is 0 Å². The fourth-order valence-electron chi connectivity index (χ4n) is 1.18. The lowest BCUT2D eigenvalue weighted by Crippen LogP contribution is -2.43. The topological polar surface area (TPSA) is 21.3 Å². The van der Waals surface area contributed by atoms with E-state index >= 15 is 0 Å². The molecule has 2 atom stereocenters. The van der Waals surface area contributed by atoms with E-state index in [1.807, 2.05) is 6.92 Å². The number of piperidine rings is 1. The zero-order valence-electron chi connectivity index (χ0n) is 6.27. The molecule has 0 saturated carbocycles. The average molecular weight is 147 g/mol. The van der Waals surface area contributed by atoms with Crippen LogP contribution in [0.25, 0.3) is 0 Å². The highest BCUT2D eigenvalue weighted by molar-refractivity contribution is 4.77. The van der Waals surface area contributed by atoms with Gasteiger partial charge in [-0.3, -0.25) is 0 Å². The molecular formula is C7H14FNO. The van der Waals surface area contributed by atoms with Crippen LogP contribution in [0.5, 0.6) is 0 Å². The largest absolute Gasteiger partial charge is 0.374 e. The Hall–Kier alpha value is -0.150. The Morgan fingerprint density at radius 1 is 1.70 bits per heavy atom. The van der Waals surface area contributed by atoms with Crippen molar-refractivity contribution in [3.05, 3.63) is 0 Å². The predicted molar refractivity (Wildman–Crippen MR) is 37.8 cm³/mol. The molecule has 3 heteroatoms. The number of nitrogens with one attached hydrogen (secondary N) is 1. The van der Waals surface area contributed by atoms with Gasteiger partial charge in [-0.2, -0.15) is 0 Å². The molecule has 1 fully saturated rings. The van der Waals surface area contributed by atoms with E-state index in [4.69, 9.17) is 4.74 Å². The van der Waals surface area contributed by atoms with E-state index in [1.165, 1.54) is 0 Å². The summed E-state index contributed by atoms with van der Waals surface area (Å²) in [5.74, 6) is 0. The fourth-order valence-corrected chi connectivity index (χ4v) is 1.18. The lowest BCUT2D eigenvalue weighted by atomic mass is 10.1. The van der Waals surface area contributed by atoms with Gasteiger partial charge in [0.25, 0.3) is 0 Å². The maximum Gasteiger partial charge on any atom is 0.129 e. The van der Waals surface area contributed by atoms with Gasteiger partial charge in [0.2, 0.25) is 0 Å². The summed E-state index contributed by atoms with van der Waals surface area (Å²) >= 11 is 0. The highest BCUT2D eigenvalue weighted by atomic mass is 19.1. The van der Waals surface area contributed by atoms with Crippen molar-refractivity contribution in [2.75, 3.05) is 19.7 Å². The monoisotopic (exact) mass is 147 g/mol. The molecule has 1 aliphatic rings. The van der Waals surface area contributed by atoms with E-state index in [0.717, 1.165) is 6.54 Å². The number of hydrogen-bond acceptors (Lipinski definition) is 2. The van der Waals surface area contributed by atoms with Gasteiger partial charge in [0, 0.05) is 13.2 Å². The average Bonchev–Trinajstić information content (AvgIpc) is 1.94. The molecular weight excluding hydrogens is 133 g/mol. The zero-order chi connectivity index (χ0) is 7.40. The molecule has 10 heavy (non-hydrogen) atoms. The summed E-state index contributed by atoms with van der Waals surface area (Å²) in [5, 5.41) is 3.09. The Morgan fingerprint density at radius 2 is 2.50 bits per heavy atom. The summed E-state index contributed by atoms with van der Waals surface area (Å²) in [6, 6.07) is 0. The van der Waals surface area contributed by atoms with Crippen molar-refractivity contribution in [3.8, 4) is 0 Å². The normalized spacial score (nSPS) is 34.2. The van der Waals surface area contributed by atoms with Crippen LogP contribution in [-0.2, 0) is 4.74 Å². The first-order chi connectivity index (χ1) is 4.84. The number of halogens is 1. The Labute approximate surface area is 60.8 Å². The first-order valence-electron chi connectivity index (χ1n) is 3.81. The third-order valence-electron chi connectivity index (χ3n) is 1.73. The standard InChI is InChI=1S/C7H14FNO/c1-2-10-7-5-9-4-3-6(7)8/h6-7,9H,2-5H2,1H3. The molecule has 0 bridgehead atoms. The molecule has 1 saturated heterocycles. The number of hydrogen-bond donors (Lipinski definition) is 1. The summed E-state index contributed by atoms with van der Waals surface area (Å²) in [7, 11) is 0. The van der Waals surface area contributed by atoms with Gasteiger partial charge in [0.1, 0.15) is 12.3 Å². The molecule has 0 aromatic heterocycles. The second kappa shape index (κ2) is 3.88. The molecule has 0 aromatic carbocycles. The molecule has 0 radical (unpaired) electrons. The van der Waals surface area contributed by atoms with Crippen LogP contribution in [0.3, 0.4) is 0 Å². The predicted octanol–water partition coefficient (Wildman–Crippen LogP) is 0.723. The van der Waals surface area contributed by atoms with Gasteiger partial charge >= 0.3 is 0 Å². The molecule has 2 unspecified atom stereocenters. The Kier molecular flexibility index (Phi) is 3.09. The van der Waals surface area contributed by atoms with E-state index in [2.05, 4.69) is 5.32 Å². The Bertz CT molecular complexity index is 97.6. The Morgan fingerprint density at radius 3 is 3.10 bits per heavy atom. The number of rotatable bonds is 2. The van der Waals surface area contributed by atoms with Crippen LogP contribution in [0.2, 0.25) is 0 Å². The summed E-state index contributed by atoms with van der Waals surface area (Å²) < 4.78 is 18.0. The number of alkyl halides is 1. The van der Waals surface area contributed by atoms with Crippen LogP contribution in [0.4, 0.5) is 4.39 Å². The highest BCUT2D eigenvalue weighted by Gasteiger charge is 2.24. The van der Waals surface area contributed by atoms with Gasteiger partial charge in [-0.1, -0.05) is 0 Å². The van der Waals surface area contributed by atoms with E-state index in [9.17, 15) is 4.39 Å². The maximum atomic E-state index is 12.9. The van der Waals surface area contributed by atoms with Crippen LogP contribution in [0.1, 0.15) is 13.3 Å². The number of ether oxygens (including phenoxy) is 1. The van der Waals surface area contributed by atoms with Crippen molar-refractivity contribution < 1.29 is 9.13 Å². The van der Waals surface area contributed by atoms with E-state index in [-0.39, 0.29) is 6.10 Å². The minimum absolute atomic E-state index is 0.209. The minimum Gasteiger partial charge on any atom is -0.374 e. The minimum atomic E-state index is -0.763. The van der Waals surface area contributed by atoms with Crippen LogP contribution in [-0.4, -0.2) is 32.0 Å². The molecule has 0 spiro atoms. The van der Waals surface area contributed by atoms with Gasteiger partial charge in [-0.25, -0.2) is 4.39 Å². The Balaban J connectivity index is 2.25. The summed E-state index contributed by atoms with van der Waals surface area (Å²) in [6.07, 6.45) is -0.384. The summed E-state index contributed by atoms with van der Waals surface area (Å²) in [5.41, 5.74) is 0. The molecule has 2 nitrogen and oxygen atoms in total. The van der Waals surface area contributed by atoms with Gasteiger partial charge < -0.3 is 10.1 Å². The van der Waals surface area contributed by atoms with Crippen molar-refractivity contribution in [1.82, 2.24) is 5.32 Å². The van der Waals surface area contributed by atoms with Crippen molar-refractivity contribution in [3.63, 3.8) is 0 Å². The molecule has 0 aliphatic carbocycles. The molecule has 1 rings (SSSR count). The molecule has 1 aliphatic heterocycles. The third kappa shape index (κ3) is 1.92. The highest BCUT2D eigenvalue weighted by Crippen LogP contribution is 2.10. The summed E-state index contributed by atoms with van der Waals surface area (Å²) in [6.45, 7) is 3.94. The second-order valence-corrected chi connectivity index (χ2v) is 2.50. The lowest BCUT2D eigenvalue weighted by molar-refractivity contribution is -0.00951. The molecule has 0 aromatic rings. The van der Waals surface area contributed by atoms with Gasteiger partial charge in [-0.05, 0) is 19.9 Å². The zero-order valence-corrected chi connectivity index (χ0v) is 6.27. The third-order valence-corrected chi connectivity index (χ3v) is 1.73. The van der Waals surface area contributed by atoms with Crippen LogP contribution in [0.15, 0.2) is 0 Å². The smallest absolute Gasteiger partial charge is 0.129 e. The van der Waals surface area contributed by atoms with Crippen molar-refractivity contribution in [2.45, 2.75) is 25.6 Å². The quantitative estimate of drug-likeness (QED) is 0.621. The second-order valence-electron chi connectivity index (χ2n) is 2.50. The molecule has 1 heterocycles. The van der Waals surface area contributed by atoms with Crippen molar-refractivity contribution in [2.24, 2.45) is 0 Å². The van der Waals surface area contributed by atoms with Gasteiger partial charge in [0.05, 0.1) is 0 Å².